The van der Waals surface area contributed by atoms with Crippen LogP contribution in [0.25, 0.3) is 10.9 Å². The predicted molar refractivity (Wildman–Crippen MR) is 87.7 cm³/mol. The number of ether oxygens (including phenoxy) is 1. The number of hydrogen-bond donors (Lipinski definition) is 1. The molecule has 3 rings (SSSR count). The number of aromatic nitrogens is 1. The molecule has 1 fully saturated rings. The van der Waals surface area contributed by atoms with Gasteiger partial charge in [0.05, 0.1) is 11.1 Å². The molecule has 128 valence electrons. The Kier molecular flexibility index (Phi) is 5.14. The second kappa shape index (κ2) is 7.30. The molecule has 4 nitrogen and oxygen atoms in total. The Morgan fingerprint density at radius 2 is 2.04 bits per heavy atom. The number of carbonyl (C=O) groups excluding carboxylic acids is 1. The van der Waals surface area contributed by atoms with Gasteiger partial charge in [-0.3, -0.25) is 9.78 Å². The number of nitrogens with one attached hydrogen (secondary N) is 1. The normalized spacial score (nSPS) is 15.7. The molecule has 0 bridgehead atoms. The van der Waals surface area contributed by atoms with E-state index in [2.05, 4.69) is 15.0 Å². The van der Waals surface area contributed by atoms with Crippen LogP contribution in [0.1, 0.15) is 42.5 Å². The van der Waals surface area contributed by atoms with Gasteiger partial charge in [-0.2, -0.15) is 8.78 Å². The molecule has 0 radical (unpaired) electrons. The summed E-state index contributed by atoms with van der Waals surface area (Å²) in [5.74, 6) is -0.314. The molecule has 1 N–H and O–H groups in total. The number of carbonyl (C=O) groups is 1. The summed E-state index contributed by atoms with van der Waals surface area (Å²) < 4.78 is 29.0. The molecule has 1 saturated carbocycles. The van der Waals surface area contributed by atoms with Gasteiger partial charge in [-0.05, 0) is 31.0 Å². The Morgan fingerprint density at radius 3 is 2.75 bits per heavy atom. The minimum absolute atomic E-state index is 0.00652. The van der Waals surface area contributed by atoms with Gasteiger partial charge in [-0.1, -0.05) is 30.9 Å². The Bertz CT molecular complexity index is 749. The van der Waals surface area contributed by atoms with Gasteiger partial charge in [0.2, 0.25) is 0 Å². The molecule has 0 atom stereocenters. The summed E-state index contributed by atoms with van der Waals surface area (Å²) in [6.07, 6.45) is 6.86. The van der Waals surface area contributed by atoms with Crippen LogP contribution in [0.3, 0.4) is 0 Å². The van der Waals surface area contributed by atoms with Crippen LogP contribution in [-0.2, 0) is 0 Å². The molecule has 1 aliphatic carbocycles. The number of benzene rings is 1. The topological polar surface area (TPSA) is 51.2 Å². The third-order valence-electron chi connectivity index (χ3n) is 4.17. The van der Waals surface area contributed by atoms with Gasteiger partial charge in [0, 0.05) is 17.6 Å². The third kappa shape index (κ3) is 3.75. The van der Waals surface area contributed by atoms with Crippen LogP contribution in [0.2, 0.25) is 5.02 Å². The van der Waals surface area contributed by atoms with Gasteiger partial charge >= 0.3 is 6.61 Å². The minimum Gasteiger partial charge on any atom is -0.433 e. The first-order valence-electron chi connectivity index (χ1n) is 7.88. The number of pyridine rings is 1. The maximum absolute atomic E-state index is 12.3. The Labute approximate surface area is 143 Å². The van der Waals surface area contributed by atoms with Crippen LogP contribution in [0.5, 0.6) is 5.75 Å². The Hall–Kier alpha value is -1.95. The first-order chi connectivity index (χ1) is 11.5. The lowest BCUT2D eigenvalue weighted by Gasteiger charge is -2.22. The van der Waals surface area contributed by atoms with Crippen LogP contribution in [0.15, 0.2) is 24.4 Å². The zero-order valence-electron chi connectivity index (χ0n) is 12.9. The molecule has 1 heterocycles. The summed E-state index contributed by atoms with van der Waals surface area (Å²) in [4.78, 5) is 16.5. The van der Waals surface area contributed by atoms with Crippen molar-refractivity contribution in [2.45, 2.75) is 44.8 Å². The van der Waals surface area contributed by atoms with E-state index < -0.39 is 6.61 Å². The molecule has 1 aliphatic rings. The molecule has 7 heteroatoms. The van der Waals surface area contributed by atoms with Crippen LogP contribution in [-0.4, -0.2) is 23.5 Å². The summed E-state index contributed by atoms with van der Waals surface area (Å²) in [7, 11) is 0. The van der Waals surface area contributed by atoms with Crippen molar-refractivity contribution >= 4 is 28.4 Å². The molecule has 0 aliphatic heterocycles. The number of rotatable bonds is 4. The van der Waals surface area contributed by atoms with Crippen molar-refractivity contribution in [3.8, 4) is 5.75 Å². The van der Waals surface area contributed by atoms with E-state index in [-0.39, 0.29) is 22.7 Å². The van der Waals surface area contributed by atoms with Crippen LogP contribution >= 0.6 is 11.6 Å². The molecule has 1 aromatic carbocycles. The van der Waals surface area contributed by atoms with Crippen molar-refractivity contribution in [1.82, 2.24) is 10.3 Å². The fraction of sp³-hybridized carbons (Fsp3) is 0.412. The van der Waals surface area contributed by atoms with Crippen molar-refractivity contribution in [2.24, 2.45) is 0 Å². The molecule has 2 aromatic rings. The number of hydrogen-bond acceptors (Lipinski definition) is 3. The third-order valence-corrected chi connectivity index (χ3v) is 4.54. The highest BCUT2D eigenvalue weighted by molar-refractivity contribution is 6.36. The van der Waals surface area contributed by atoms with Crippen molar-refractivity contribution in [3.63, 3.8) is 0 Å². The van der Waals surface area contributed by atoms with E-state index in [1.54, 1.807) is 12.1 Å². The SMILES string of the molecule is O=C(NC1CCCCC1)c1cnc2c(Cl)c(OC(F)F)ccc2c1. The molecule has 1 amide bonds. The van der Waals surface area contributed by atoms with E-state index in [0.29, 0.717) is 16.5 Å². The average Bonchev–Trinajstić information content (AvgIpc) is 2.57. The van der Waals surface area contributed by atoms with E-state index in [9.17, 15) is 13.6 Å². The molecule has 0 saturated heterocycles. The van der Waals surface area contributed by atoms with Crippen molar-refractivity contribution in [1.29, 1.82) is 0 Å². The summed E-state index contributed by atoms with van der Waals surface area (Å²) in [5, 5.41) is 3.62. The number of alkyl halides is 2. The number of fused-ring (bicyclic) bond motifs is 1. The van der Waals surface area contributed by atoms with E-state index in [0.717, 1.165) is 25.7 Å². The smallest absolute Gasteiger partial charge is 0.387 e. The highest BCUT2D eigenvalue weighted by Gasteiger charge is 2.18. The molecule has 0 spiro atoms. The van der Waals surface area contributed by atoms with E-state index >= 15 is 0 Å². The zero-order chi connectivity index (χ0) is 17.1. The largest absolute Gasteiger partial charge is 0.433 e. The number of nitrogens with zero attached hydrogens (tertiary/aromatic N) is 1. The van der Waals surface area contributed by atoms with Gasteiger partial charge in [0.1, 0.15) is 10.8 Å². The van der Waals surface area contributed by atoms with E-state index in [1.807, 2.05) is 0 Å². The first-order valence-corrected chi connectivity index (χ1v) is 8.26. The van der Waals surface area contributed by atoms with Gasteiger partial charge in [0.25, 0.3) is 5.91 Å². The zero-order valence-corrected chi connectivity index (χ0v) is 13.7. The lowest BCUT2D eigenvalue weighted by Crippen LogP contribution is -2.36. The van der Waals surface area contributed by atoms with Gasteiger partial charge in [-0.25, -0.2) is 0 Å². The summed E-state index contributed by atoms with van der Waals surface area (Å²) >= 11 is 6.05. The number of amides is 1. The summed E-state index contributed by atoms with van der Waals surface area (Å²) in [6, 6.07) is 4.76. The van der Waals surface area contributed by atoms with Crippen molar-refractivity contribution in [3.05, 3.63) is 35.0 Å². The minimum atomic E-state index is -2.96. The van der Waals surface area contributed by atoms with Crippen LogP contribution < -0.4 is 10.1 Å². The maximum atomic E-state index is 12.3. The fourth-order valence-electron chi connectivity index (χ4n) is 2.97. The quantitative estimate of drug-likeness (QED) is 0.876. The standard InChI is InChI=1S/C17H17ClF2N2O2/c18-14-13(24-17(19)20)7-6-10-8-11(9-21-15(10)14)16(23)22-12-4-2-1-3-5-12/h6-9,12,17H,1-5H2,(H,22,23). The summed E-state index contributed by atoms with van der Waals surface area (Å²) in [6.45, 7) is -2.96. The molecular weight excluding hydrogens is 338 g/mol. The highest BCUT2D eigenvalue weighted by Crippen LogP contribution is 2.32. The van der Waals surface area contributed by atoms with Gasteiger partial charge < -0.3 is 10.1 Å². The van der Waals surface area contributed by atoms with Crippen LogP contribution in [0, 0.1) is 0 Å². The monoisotopic (exact) mass is 354 g/mol. The summed E-state index contributed by atoms with van der Waals surface area (Å²) in [5.41, 5.74) is 0.746. The Balaban J connectivity index is 1.81. The van der Waals surface area contributed by atoms with Crippen LogP contribution in [0.4, 0.5) is 8.78 Å². The van der Waals surface area contributed by atoms with Crippen molar-refractivity contribution < 1.29 is 18.3 Å². The lowest BCUT2D eigenvalue weighted by molar-refractivity contribution is -0.0497. The molecular formula is C17H17ClF2N2O2. The second-order valence-corrected chi connectivity index (χ2v) is 6.24. The molecule has 1 aromatic heterocycles. The predicted octanol–water partition coefficient (Wildman–Crippen LogP) is 4.55. The lowest BCUT2D eigenvalue weighted by atomic mass is 9.95. The second-order valence-electron chi connectivity index (χ2n) is 5.86. The number of halogens is 3. The first kappa shape index (κ1) is 16.9. The van der Waals surface area contributed by atoms with Gasteiger partial charge in [0.15, 0.2) is 0 Å². The Morgan fingerprint density at radius 1 is 1.29 bits per heavy atom. The highest BCUT2D eigenvalue weighted by atomic mass is 35.5. The molecule has 24 heavy (non-hydrogen) atoms. The van der Waals surface area contributed by atoms with Gasteiger partial charge in [-0.15, -0.1) is 0 Å². The van der Waals surface area contributed by atoms with E-state index in [1.165, 1.54) is 18.7 Å². The fourth-order valence-corrected chi connectivity index (χ4v) is 3.24. The van der Waals surface area contributed by atoms with E-state index in [4.69, 9.17) is 11.6 Å². The average molecular weight is 355 g/mol. The molecule has 0 unspecified atom stereocenters. The maximum Gasteiger partial charge on any atom is 0.387 e. The van der Waals surface area contributed by atoms with Crippen molar-refractivity contribution in [2.75, 3.05) is 0 Å².